The van der Waals surface area contributed by atoms with Crippen LogP contribution in [0.3, 0.4) is 0 Å². The predicted octanol–water partition coefficient (Wildman–Crippen LogP) is 1.17. The summed E-state index contributed by atoms with van der Waals surface area (Å²) in [6, 6.07) is 0. The number of aryl methyl sites for hydroxylation is 1. The number of nitrogens with zero attached hydrogens (tertiary/aromatic N) is 6. The molecule has 1 atom stereocenters. The maximum Gasteiger partial charge on any atom is 0.194 e. The normalized spacial score (nSPS) is 18.4. The van der Waals surface area contributed by atoms with Gasteiger partial charge < -0.3 is 15.1 Å². The van der Waals surface area contributed by atoms with E-state index in [2.05, 4.69) is 44.0 Å². The Balaban J connectivity index is 0.00000264. The maximum atomic E-state index is 4.41. The fraction of sp³-hybridized carbons (Fsp3) is 0.800. The highest BCUT2D eigenvalue weighted by molar-refractivity contribution is 14.0. The summed E-state index contributed by atoms with van der Waals surface area (Å²) in [6.45, 7) is 10.7. The molecule has 132 valence electrons. The molecule has 0 aromatic carbocycles. The number of halogens is 1. The molecule has 1 saturated heterocycles. The van der Waals surface area contributed by atoms with E-state index in [1.54, 1.807) is 11.0 Å². The number of aromatic nitrogens is 3. The minimum Gasteiger partial charge on any atom is -0.349 e. The molecule has 2 rings (SSSR count). The van der Waals surface area contributed by atoms with E-state index < -0.39 is 0 Å². The van der Waals surface area contributed by atoms with Gasteiger partial charge in [0.25, 0.3) is 0 Å². The minimum absolute atomic E-state index is 0. The number of likely N-dealkylation sites (tertiary alicyclic amines) is 1. The van der Waals surface area contributed by atoms with Gasteiger partial charge in [-0.05, 0) is 25.4 Å². The van der Waals surface area contributed by atoms with E-state index in [4.69, 9.17) is 0 Å². The Kier molecular flexibility index (Phi) is 8.82. The van der Waals surface area contributed by atoms with E-state index in [1.807, 2.05) is 14.1 Å². The van der Waals surface area contributed by atoms with Gasteiger partial charge in [0, 0.05) is 33.7 Å². The Morgan fingerprint density at radius 2 is 2.17 bits per heavy atom. The van der Waals surface area contributed by atoms with Gasteiger partial charge in [-0.2, -0.15) is 5.10 Å². The Hall–Kier alpha value is -0.900. The summed E-state index contributed by atoms with van der Waals surface area (Å²) in [5.41, 5.74) is 0. The summed E-state index contributed by atoms with van der Waals surface area (Å²) < 4.78 is 1.79. The number of aliphatic imine (C=N–C) groups is 1. The van der Waals surface area contributed by atoms with Crippen molar-refractivity contribution in [2.45, 2.75) is 26.8 Å². The standard InChI is InChI=1S/C15H29N7.HI/c1-5-21(6-2)10-13-7-8-22(11-13)15(16-3)17-9-14-18-12-19-20(14)4;/h12-13H,5-11H2,1-4H3,(H,16,17);1H. The van der Waals surface area contributed by atoms with Crippen LogP contribution >= 0.6 is 24.0 Å². The molecular weight excluding hydrogens is 405 g/mol. The number of hydrogen-bond acceptors (Lipinski definition) is 4. The Morgan fingerprint density at radius 1 is 1.43 bits per heavy atom. The van der Waals surface area contributed by atoms with Gasteiger partial charge in [0.05, 0.1) is 6.54 Å². The molecule has 1 N–H and O–H groups in total. The molecule has 1 aliphatic rings. The molecule has 0 bridgehead atoms. The van der Waals surface area contributed by atoms with Crippen LogP contribution in [0.1, 0.15) is 26.1 Å². The van der Waals surface area contributed by atoms with Crippen LogP contribution in [0.5, 0.6) is 0 Å². The second-order valence-electron chi connectivity index (χ2n) is 5.79. The first-order valence-electron chi connectivity index (χ1n) is 8.18. The molecule has 1 unspecified atom stereocenters. The van der Waals surface area contributed by atoms with E-state index >= 15 is 0 Å². The molecule has 1 aromatic heterocycles. The van der Waals surface area contributed by atoms with E-state index in [0.717, 1.165) is 43.9 Å². The summed E-state index contributed by atoms with van der Waals surface area (Å²) in [5, 5.41) is 7.48. The molecule has 0 radical (unpaired) electrons. The molecule has 23 heavy (non-hydrogen) atoms. The lowest BCUT2D eigenvalue weighted by atomic mass is 10.1. The van der Waals surface area contributed by atoms with Gasteiger partial charge in [0.15, 0.2) is 5.96 Å². The van der Waals surface area contributed by atoms with Gasteiger partial charge in [-0.25, -0.2) is 4.98 Å². The number of rotatable bonds is 6. The largest absolute Gasteiger partial charge is 0.349 e. The zero-order chi connectivity index (χ0) is 15.9. The van der Waals surface area contributed by atoms with Crippen LogP contribution in [0.15, 0.2) is 11.3 Å². The van der Waals surface area contributed by atoms with Crippen LogP contribution in [0.4, 0.5) is 0 Å². The van der Waals surface area contributed by atoms with Crippen molar-refractivity contribution in [1.82, 2.24) is 29.9 Å². The quantitative estimate of drug-likeness (QED) is 0.413. The van der Waals surface area contributed by atoms with Gasteiger partial charge in [0.2, 0.25) is 0 Å². The summed E-state index contributed by atoms with van der Waals surface area (Å²) in [6.07, 6.45) is 2.82. The van der Waals surface area contributed by atoms with Crippen molar-refractivity contribution in [3.63, 3.8) is 0 Å². The van der Waals surface area contributed by atoms with E-state index in [0.29, 0.717) is 6.54 Å². The topological polar surface area (TPSA) is 61.6 Å². The SMILES string of the molecule is CCN(CC)CC1CCN(C(=NC)NCc2ncnn2C)C1.I. The van der Waals surface area contributed by atoms with Gasteiger partial charge in [0.1, 0.15) is 12.2 Å². The number of hydrogen-bond donors (Lipinski definition) is 1. The molecule has 1 aromatic rings. The van der Waals surface area contributed by atoms with Crippen LogP contribution in [-0.2, 0) is 13.6 Å². The van der Waals surface area contributed by atoms with Crippen LogP contribution in [0.25, 0.3) is 0 Å². The van der Waals surface area contributed by atoms with Crippen molar-refractivity contribution in [2.75, 3.05) is 39.8 Å². The van der Waals surface area contributed by atoms with Crippen LogP contribution < -0.4 is 5.32 Å². The fourth-order valence-electron chi connectivity index (χ4n) is 2.99. The van der Waals surface area contributed by atoms with E-state index in [1.165, 1.54) is 13.0 Å². The highest BCUT2D eigenvalue weighted by atomic mass is 127. The number of guanidine groups is 1. The second-order valence-corrected chi connectivity index (χ2v) is 5.79. The third-order valence-electron chi connectivity index (χ3n) is 4.42. The van der Waals surface area contributed by atoms with Crippen LogP contribution in [-0.4, -0.2) is 70.3 Å². The minimum atomic E-state index is 0. The lowest BCUT2D eigenvalue weighted by Crippen LogP contribution is -2.40. The summed E-state index contributed by atoms with van der Waals surface area (Å²) in [5.74, 6) is 2.61. The summed E-state index contributed by atoms with van der Waals surface area (Å²) >= 11 is 0. The maximum absolute atomic E-state index is 4.41. The lowest BCUT2D eigenvalue weighted by Gasteiger charge is -2.24. The van der Waals surface area contributed by atoms with Crippen molar-refractivity contribution in [3.8, 4) is 0 Å². The monoisotopic (exact) mass is 435 g/mol. The van der Waals surface area contributed by atoms with Gasteiger partial charge in [-0.1, -0.05) is 13.8 Å². The van der Waals surface area contributed by atoms with Crippen LogP contribution in [0, 0.1) is 5.92 Å². The van der Waals surface area contributed by atoms with Crippen molar-refractivity contribution in [2.24, 2.45) is 18.0 Å². The Morgan fingerprint density at radius 3 is 2.74 bits per heavy atom. The van der Waals surface area contributed by atoms with E-state index in [9.17, 15) is 0 Å². The molecule has 2 heterocycles. The van der Waals surface area contributed by atoms with Gasteiger partial charge in [-0.15, -0.1) is 24.0 Å². The van der Waals surface area contributed by atoms with Crippen molar-refractivity contribution < 1.29 is 0 Å². The molecule has 7 nitrogen and oxygen atoms in total. The Bertz CT molecular complexity index is 484. The molecule has 0 saturated carbocycles. The van der Waals surface area contributed by atoms with Gasteiger partial charge in [-0.3, -0.25) is 9.67 Å². The first-order valence-corrected chi connectivity index (χ1v) is 8.18. The summed E-state index contributed by atoms with van der Waals surface area (Å²) in [4.78, 5) is 13.5. The number of nitrogens with one attached hydrogen (secondary N) is 1. The first-order chi connectivity index (χ1) is 10.7. The van der Waals surface area contributed by atoms with Crippen molar-refractivity contribution in [3.05, 3.63) is 12.2 Å². The fourth-order valence-corrected chi connectivity index (χ4v) is 2.99. The van der Waals surface area contributed by atoms with Crippen molar-refractivity contribution in [1.29, 1.82) is 0 Å². The molecule has 1 fully saturated rings. The average molecular weight is 435 g/mol. The third-order valence-corrected chi connectivity index (χ3v) is 4.42. The smallest absolute Gasteiger partial charge is 0.194 e. The predicted molar refractivity (Wildman–Crippen MR) is 104 cm³/mol. The molecule has 0 amide bonds. The van der Waals surface area contributed by atoms with Crippen LogP contribution in [0.2, 0.25) is 0 Å². The second kappa shape index (κ2) is 10.1. The molecular formula is C15H30IN7. The van der Waals surface area contributed by atoms with Gasteiger partial charge >= 0.3 is 0 Å². The van der Waals surface area contributed by atoms with Crippen molar-refractivity contribution >= 4 is 29.9 Å². The molecule has 0 spiro atoms. The highest BCUT2D eigenvalue weighted by Crippen LogP contribution is 2.17. The zero-order valence-electron chi connectivity index (χ0n) is 14.7. The molecule has 8 heteroatoms. The molecule has 0 aliphatic carbocycles. The molecule has 1 aliphatic heterocycles. The lowest BCUT2D eigenvalue weighted by molar-refractivity contribution is 0.255. The Labute approximate surface area is 156 Å². The third kappa shape index (κ3) is 5.59. The zero-order valence-corrected chi connectivity index (χ0v) is 17.0. The highest BCUT2D eigenvalue weighted by Gasteiger charge is 2.25. The first kappa shape index (κ1) is 20.1. The average Bonchev–Trinajstić information content (AvgIpc) is 3.15. The van der Waals surface area contributed by atoms with E-state index in [-0.39, 0.29) is 24.0 Å². The summed E-state index contributed by atoms with van der Waals surface area (Å²) in [7, 11) is 3.75.